The van der Waals surface area contributed by atoms with Gasteiger partial charge >= 0.3 is 0 Å². The quantitative estimate of drug-likeness (QED) is 0.140. The molecule has 0 radical (unpaired) electrons. The van der Waals surface area contributed by atoms with Gasteiger partial charge in [0.1, 0.15) is 0 Å². The average molecular weight is 600 g/mol. The number of nitrogens with zero attached hydrogens (tertiary/aromatic N) is 1. The van der Waals surface area contributed by atoms with Crippen LogP contribution >= 0.6 is 0 Å². The number of hydrogen-bond acceptors (Lipinski definition) is 1. The summed E-state index contributed by atoms with van der Waals surface area (Å²) in [6, 6.07) is 60.2. The molecule has 47 heavy (non-hydrogen) atoms. The molecule has 222 valence electrons. The molecule has 0 N–H and O–H groups in total. The number of benzene rings is 9. The van der Waals surface area contributed by atoms with Gasteiger partial charge in [-0.15, -0.1) is 0 Å². The second-order valence-electron chi connectivity index (χ2n) is 12.6. The monoisotopic (exact) mass is 599 g/mol. The summed E-state index contributed by atoms with van der Waals surface area (Å²) in [5.41, 5.74) is 11.0. The summed E-state index contributed by atoms with van der Waals surface area (Å²) in [6.45, 7) is 4.36. The van der Waals surface area contributed by atoms with E-state index < -0.39 is 0 Å². The van der Waals surface area contributed by atoms with Gasteiger partial charge in [-0.3, -0.25) is 0 Å². The number of anilines is 3. The molecule has 9 rings (SSSR count). The van der Waals surface area contributed by atoms with E-state index in [2.05, 4.69) is 183 Å². The highest BCUT2D eigenvalue weighted by atomic mass is 15.1. The molecule has 0 aliphatic rings. The maximum absolute atomic E-state index is 2.42. The third kappa shape index (κ3) is 4.39. The molecule has 0 fully saturated rings. The van der Waals surface area contributed by atoms with Gasteiger partial charge in [-0.25, -0.2) is 0 Å². The molecular weight excluding hydrogens is 567 g/mol. The predicted octanol–water partition coefficient (Wildman–Crippen LogP) is 13.2. The van der Waals surface area contributed by atoms with Crippen molar-refractivity contribution in [1.82, 2.24) is 0 Å². The molecule has 0 amide bonds. The smallest absolute Gasteiger partial charge is 0.0540 e. The Balaban J connectivity index is 1.28. The van der Waals surface area contributed by atoms with Crippen molar-refractivity contribution in [3.63, 3.8) is 0 Å². The second-order valence-corrected chi connectivity index (χ2v) is 12.6. The van der Waals surface area contributed by atoms with E-state index >= 15 is 0 Å². The third-order valence-electron chi connectivity index (χ3n) is 9.91. The first-order valence-electron chi connectivity index (χ1n) is 16.4. The Morgan fingerprint density at radius 1 is 0.340 bits per heavy atom. The van der Waals surface area contributed by atoms with Gasteiger partial charge in [0.25, 0.3) is 0 Å². The summed E-state index contributed by atoms with van der Waals surface area (Å²) in [5, 5.41) is 10.4. The Morgan fingerprint density at radius 2 is 0.787 bits per heavy atom. The fourth-order valence-corrected chi connectivity index (χ4v) is 7.63. The highest BCUT2D eigenvalue weighted by Crippen LogP contribution is 2.46. The zero-order valence-electron chi connectivity index (χ0n) is 26.5. The van der Waals surface area contributed by atoms with E-state index in [9.17, 15) is 0 Å². The minimum absolute atomic E-state index is 1.13. The lowest BCUT2D eigenvalue weighted by atomic mass is 9.89. The summed E-state index contributed by atoms with van der Waals surface area (Å²) in [7, 11) is 0. The van der Waals surface area contributed by atoms with E-state index in [1.165, 1.54) is 82.2 Å². The lowest BCUT2D eigenvalue weighted by Crippen LogP contribution is -2.10. The van der Waals surface area contributed by atoms with Crippen LogP contribution in [0.4, 0.5) is 17.1 Å². The van der Waals surface area contributed by atoms with Gasteiger partial charge in [0.15, 0.2) is 0 Å². The molecule has 9 aromatic carbocycles. The van der Waals surface area contributed by atoms with E-state index in [1.807, 2.05) is 0 Å². The number of hydrogen-bond donors (Lipinski definition) is 0. The van der Waals surface area contributed by atoms with Crippen molar-refractivity contribution in [1.29, 1.82) is 0 Å². The van der Waals surface area contributed by atoms with Crippen LogP contribution in [0, 0.1) is 13.8 Å². The van der Waals surface area contributed by atoms with Crippen molar-refractivity contribution in [3.8, 4) is 22.3 Å². The normalized spacial score (nSPS) is 11.6. The Bertz CT molecular complexity index is 2440. The van der Waals surface area contributed by atoms with Crippen LogP contribution in [0.3, 0.4) is 0 Å². The van der Waals surface area contributed by atoms with Crippen LogP contribution in [0.25, 0.3) is 65.3 Å². The van der Waals surface area contributed by atoms with E-state index in [-0.39, 0.29) is 0 Å². The van der Waals surface area contributed by atoms with Crippen molar-refractivity contribution < 1.29 is 0 Å². The Kier molecular flexibility index (Phi) is 6.33. The molecule has 0 atom stereocenters. The molecule has 9 aromatic rings. The van der Waals surface area contributed by atoms with E-state index in [0.717, 1.165) is 11.4 Å². The Labute approximate surface area is 275 Å². The summed E-state index contributed by atoms with van der Waals surface area (Å²) >= 11 is 0. The van der Waals surface area contributed by atoms with Gasteiger partial charge in [0.05, 0.1) is 5.69 Å². The topological polar surface area (TPSA) is 3.24 Å². The van der Waals surface area contributed by atoms with Gasteiger partial charge in [-0.05, 0) is 115 Å². The molecule has 0 unspecified atom stereocenters. The van der Waals surface area contributed by atoms with E-state index in [1.54, 1.807) is 0 Å². The Morgan fingerprint density at radius 3 is 1.32 bits per heavy atom. The molecule has 0 heterocycles. The molecule has 0 spiro atoms. The molecule has 0 aliphatic heterocycles. The fraction of sp³-hybridized carbons (Fsp3) is 0.0435. The predicted molar refractivity (Wildman–Crippen MR) is 203 cm³/mol. The highest BCUT2D eigenvalue weighted by Gasteiger charge is 2.20. The standard InChI is InChI=1S/C46H33N/c1-30-10-3-5-14-37(30)32-20-24-35(25-21-32)47(36-26-22-33(23-27-36)38-15-6-4-11-31(38)2)44-29-28-42-40-17-8-13-34-12-7-16-39(45(34)40)41-18-9-19-43(44)46(41)42/h3-29H,1-2H3. The van der Waals surface area contributed by atoms with Crippen molar-refractivity contribution >= 4 is 60.2 Å². The molecule has 1 heteroatoms. The van der Waals surface area contributed by atoms with Crippen LogP contribution in [-0.2, 0) is 0 Å². The summed E-state index contributed by atoms with van der Waals surface area (Å²) in [6.07, 6.45) is 0. The molecule has 0 saturated carbocycles. The molecule has 0 aromatic heterocycles. The number of aryl methyl sites for hydroxylation is 2. The van der Waals surface area contributed by atoms with Crippen LogP contribution in [0.15, 0.2) is 164 Å². The summed E-state index contributed by atoms with van der Waals surface area (Å²) in [5.74, 6) is 0. The molecular formula is C46H33N. The first-order chi connectivity index (χ1) is 23.2. The van der Waals surface area contributed by atoms with E-state index in [4.69, 9.17) is 0 Å². The molecule has 0 aliphatic carbocycles. The molecule has 0 saturated heterocycles. The summed E-state index contributed by atoms with van der Waals surface area (Å²) in [4.78, 5) is 2.42. The van der Waals surface area contributed by atoms with Crippen LogP contribution in [0.2, 0.25) is 0 Å². The van der Waals surface area contributed by atoms with Crippen LogP contribution in [-0.4, -0.2) is 0 Å². The maximum Gasteiger partial charge on any atom is 0.0540 e. The van der Waals surface area contributed by atoms with Gasteiger partial charge in [-0.2, -0.15) is 0 Å². The highest BCUT2D eigenvalue weighted by molar-refractivity contribution is 6.34. The minimum atomic E-state index is 1.13. The molecule has 0 bridgehead atoms. The van der Waals surface area contributed by atoms with Gasteiger partial charge in [0, 0.05) is 16.8 Å². The Hall–Kier alpha value is -5.92. The van der Waals surface area contributed by atoms with Gasteiger partial charge in [-0.1, -0.05) is 133 Å². The molecule has 1 nitrogen and oxygen atoms in total. The van der Waals surface area contributed by atoms with Gasteiger partial charge < -0.3 is 4.90 Å². The van der Waals surface area contributed by atoms with Crippen LogP contribution in [0.1, 0.15) is 11.1 Å². The second kappa shape index (κ2) is 10.9. The summed E-state index contributed by atoms with van der Waals surface area (Å²) < 4.78 is 0. The lowest BCUT2D eigenvalue weighted by molar-refractivity contribution is 1.30. The van der Waals surface area contributed by atoms with Crippen molar-refractivity contribution in [2.24, 2.45) is 0 Å². The number of rotatable bonds is 5. The minimum Gasteiger partial charge on any atom is -0.310 e. The SMILES string of the molecule is Cc1ccccc1-c1ccc(N(c2ccc(-c3ccccc3C)cc2)c2ccc3c4cccc5cccc(c6cccc2c63)c54)cc1. The van der Waals surface area contributed by atoms with E-state index in [0.29, 0.717) is 0 Å². The first-order valence-corrected chi connectivity index (χ1v) is 16.4. The van der Waals surface area contributed by atoms with Crippen LogP contribution in [0.5, 0.6) is 0 Å². The van der Waals surface area contributed by atoms with Crippen molar-refractivity contribution in [2.75, 3.05) is 4.90 Å². The third-order valence-corrected chi connectivity index (χ3v) is 9.91. The fourth-order valence-electron chi connectivity index (χ4n) is 7.63. The maximum atomic E-state index is 2.42. The largest absolute Gasteiger partial charge is 0.310 e. The lowest BCUT2D eigenvalue weighted by Gasteiger charge is -2.28. The van der Waals surface area contributed by atoms with Crippen LogP contribution < -0.4 is 4.90 Å². The zero-order chi connectivity index (χ0) is 31.5. The first kappa shape index (κ1) is 27.4. The van der Waals surface area contributed by atoms with Gasteiger partial charge in [0.2, 0.25) is 0 Å². The van der Waals surface area contributed by atoms with Crippen molar-refractivity contribution in [3.05, 3.63) is 175 Å². The number of fused-ring (bicyclic) bond motifs is 2. The average Bonchev–Trinajstić information content (AvgIpc) is 3.12. The zero-order valence-corrected chi connectivity index (χ0v) is 26.5. The van der Waals surface area contributed by atoms with Crippen molar-refractivity contribution in [2.45, 2.75) is 13.8 Å².